The third-order valence-corrected chi connectivity index (χ3v) is 6.40. The van der Waals surface area contributed by atoms with Crippen LogP contribution in [0.25, 0.3) is 10.8 Å². The van der Waals surface area contributed by atoms with Crippen molar-refractivity contribution in [1.82, 2.24) is 0 Å². The number of carbonyl (C=O) groups is 1. The molecule has 11 heteroatoms. The van der Waals surface area contributed by atoms with E-state index in [2.05, 4.69) is 19.1 Å². The van der Waals surface area contributed by atoms with Crippen molar-refractivity contribution >= 4 is 38.8 Å². The molecule has 0 spiro atoms. The molecule has 1 aliphatic heterocycles. The standard InChI is InChI=1S/C19H22O3S.CHF3O3S/c1-2-3-12-21-19(20)22-17-11-10-16(18-9-6-13-23-18)14-7-4-5-8-15(14)17;2-1(3,4)8(5,6)7/h4-5,7-8,10-11,18H,2-3,6,9,12-13H2,1H3;(H,5,6,7). The first-order chi connectivity index (χ1) is 14.5. The number of carbonyl (C=O) groups excluding carboxylic acids is 1. The largest absolute Gasteiger partial charge is 0.522 e. The van der Waals surface area contributed by atoms with Gasteiger partial charge in [0.1, 0.15) is 5.75 Å². The Bertz CT molecular complexity index is 986. The maximum absolute atomic E-state index is 11.8. The highest BCUT2D eigenvalue weighted by molar-refractivity contribution is 7.99. The molecule has 1 heterocycles. The number of alkyl halides is 3. The van der Waals surface area contributed by atoms with Gasteiger partial charge >= 0.3 is 21.8 Å². The highest BCUT2D eigenvalue weighted by Crippen LogP contribution is 2.44. The Morgan fingerprint density at radius 1 is 1.19 bits per heavy atom. The third kappa shape index (κ3) is 7.29. The second kappa shape index (κ2) is 11.1. The average Bonchev–Trinajstić information content (AvgIpc) is 3.22. The van der Waals surface area contributed by atoms with Crippen molar-refractivity contribution in [1.29, 1.82) is 0 Å². The van der Waals surface area contributed by atoms with Crippen LogP contribution in [0.1, 0.15) is 43.4 Å². The van der Waals surface area contributed by atoms with Crippen LogP contribution in [-0.4, -0.2) is 37.0 Å². The Morgan fingerprint density at radius 3 is 2.39 bits per heavy atom. The van der Waals surface area contributed by atoms with E-state index in [1.807, 2.05) is 36.0 Å². The SMILES string of the molecule is CCCCOC(=O)Oc1ccc(C2CCCS2)c2ccccc12.O=S(=O)(O)C(F)(F)F. The van der Waals surface area contributed by atoms with Crippen LogP contribution < -0.4 is 4.74 Å². The number of hydrogen-bond donors (Lipinski definition) is 1. The maximum Gasteiger partial charge on any atom is 0.522 e. The molecule has 2 aromatic carbocycles. The smallest absolute Gasteiger partial charge is 0.434 e. The fraction of sp³-hybridized carbons (Fsp3) is 0.450. The van der Waals surface area contributed by atoms with Gasteiger partial charge in [-0.15, -0.1) is 0 Å². The molecule has 3 rings (SSSR count). The van der Waals surface area contributed by atoms with E-state index in [0.717, 1.165) is 18.2 Å². The number of halogens is 3. The first kappa shape index (κ1) is 25.3. The van der Waals surface area contributed by atoms with E-state index in [1.54, 1.807) is 0 Å². The Kier molecular flexibility index (Phi) is 9.01. The second-order valence-corrected chi connectivity index (χ2v) is 9.40. The molecule has 31 heavy (non-hydrogen) atoms. The van der Waals surface area contributed by atoms with E-state index in [4.69, 9.17) is 22.4 Å². The van der Waals surface area contributed by atoms with Gasteiger partial charge in [0, 0.05) is 10.6 Å². The van der Waals surface area contributed by atoms with Gasteiger partial charge in [0.2, 0.25) is 0 Å². The molecule has 1 aliphatic rings. The number of thioether (sulfide) groups is 1. The molecule has 172 valence electrons. The van der Waals surface area contributed by atoms with Crippen LogP contribution in [0.4, 0.5) is 18.0 Å². The molecule has 0 radical (unpaired) electrons. The topological polar surface area (TPSA) is 89.9 Å². The third-order valence-electron chi connectivity index (χ3n) is 4.40. The van der Waals surface area contributed by atoms with Crippen LogP contribution in [0.2, 0.25) is 0 Å². The summed E-state index contributed by atoms with van der Waals surface area (Å²) in [4.78, 5) is 11.8. The van der Waals surface area contributed by atoms with Gasteiger partial charge in [0.25, 0.3) is 0 Å². The predicted octanol–water partition coefficient (Wildman–Crippen LogP) is 6.12. The highest BCUT2D eigenvalue weighted by Gasteiger charge is 2.44. The fourth-order valence-corrected chi connectivity index (χ4v) is 4.24. The molecule has 0 saturated carbocycles. The number of benzene rings is 2. The van der Waals surface area contributed by atoms with Gasteiger partial charge in [-0.1, -0.05) is 43.7 Å². The molecule has 1 fully saturated rings. The minimum absolute atomic E-state index is 0.407. The van der Waals surface area contributed by atoms with Crippen LogP contribution in [-0.2, 0) is 14.9 Å². The van der Waals surface area contributed by atoms with Gasteiger partial charge < -0.3 is 9.47 Å². The van der Waals surface area contributed by atoms with Gasteiger partial charge in [-0.2, -0.15) is 33.4 Å². The molecular formula is C20H23F3O6S2. The van der Waals surface area contributed by atoms with E-state index in [9.17, 15) is 18.0 Å². The first-order valence-electron chi connectivity index (χ1n) is 9.56. The molecule has 0 aliphatic carbocycles. The Hall–Kier alpha value is -1.98. The molecule has 2 aromatic rings. The van der Waals surface area contributed by atoms with Gasteiger partial charge in [0.05, 0.1) is 6.61 Å². The zero-order chi connectivity index (χ0) is 23.1. The van der Waals surface area contributed by atoms with Crippen molar-refractivity contribution < 1.29 is 40.4 Å². The number of fused-ring (bicyclic) bond motifs is 1. The normalized spacial score (nSPS) is 16.5. The highest BCUT2D eigenvalue weighted by atomic mass is 32.2. The van der Waals surface area contributed by atoms with Crippen molar-refractivity contribution in [2.24, 2.45) is 0 Å². The summed E-state index contributed by atoms with van der Waals surface area (Å²) in [6, 6.07) is 12.1. The van der Waals surface area contributed by atoms with Gasteiger partial charge in [-0.05, 0) is 42.0 Å². The van der Waals surface area contributed by atoms with Crippen molar-refractivity contribution in [3.05, 3.63) is 42.0 Å². The van der Waals surface area contributed by atoms with Crippen molar-refractivity contribution in [3.63, 3.8) is 0 Å². The summed E-state index contributed by atoms with van der Waals surface area (Å²) in [5, 5.41) is 2.70. The first-order valence-corrected chi connectivity index (χ1v) is 12.0. The maximum atomic E-state index is 11.8. The van der Waals surface area contributed by atoms with E-state index in [0.29, 0.717) is 17.6 Å². The molecule has 0 bridgehead atoms. The van der Waals surface area contributed by atoms with Crippen LogP contribution in [0.3, 0.4) is 0 Å². The van der Waals surface area contributed by atoms with Gasteiger partial charge in [-0.25, -0.2) is 4.79 Å². The minimum Gasteiger partial charge on any atom is -0.434 e. The lowest BCUT2D eigenvalue weighted by molar-refractivity contribution is -0.0510. The zero-order valence-electron chi connectivity index (χ0n) is 16.7. The van der Waals surface area contributed by atoms with Crippen LogP contribution in [0.15, 0.2) is 36.4 Å². The van der Waals surface area contributed by atoms with Crippen LogP contribution in [0, 0.1) is 0 Å². The molecule has 1 N–H and O–H groups in total. The molecule has 0 amide bonds. The second-order valence-electron chi connectivity index (χ2n) is 6.68. The molecule has 1 unspecified atom stereocenters. The number of hydrogen-bond acceptors (Lipinski definition) is 6. The van der Waals surface area contributed by atoms with Gasteiger partial charge in [0.15, 0.2) is 0 Å². The summed E-state index contributed by atoms with van der Waals surface area (Å²) in [6.07, 6.45) is 3.71. The summed E-state index contributed by atoms with van der Waals surface area (Å²) >= 11 is 2.01. The van der Waals surface area contributed by atoms with E-state index in [-0.39, 0.29) is 0 Å². The Balaban J connectivity index is 0.000000366. The summed E-state index contributed by atoms with van der Waals surface area (Å²) in [6.45, 7) is 2.46. The van der Waals surface area contributed by atoms with Crippen LogP contribution >= 0.6 is 11.8 Å². The lowest BCUT2D eigenvalue weighted by atomic mass is 9.99. The summed E-state index contributed by atoms with van der Waals surface area (Å²) in [7, 11) is -5.84. The zero-order valence-corrected chi connectivity index (χ0v) is 18.4. The lowest BCUT2D eigenvalue weighted by Crippen LogP contribution is -2.21. The summed E-state index contributed by atoms with van der Waals surface area (Å²) in [5.74, 6) is 1.80. The number of rotatable bonds is 5. The minimum atomic E-state index is -5.84. The molecule has 1 saturated heterocycles. The molecule has 1 atom stereocenters. The van der Waals surface area contributed by atoms with Gasteiger partial charge in [-0.3, -0.25) is 4.55 Å². The van der Waals surface area contributed by atoms with E-state index >= 15 is 0 Å². The van der Waals surface area contributed by atoms with Crippen LogP contribution in [0.5, 0.6) is 5.75 Å². The Morgan fingerprint density at radius 2 is 1.84 bits per heavy atom. The summed E-state index contributed by atoms with van der Waals surface area (Å²) in [5.41, 5.74) is -4.19. The Labute approximate surface area is 182 Å². The molecule has 6 nitrogen and oxygen atoms in total. The van der Waals surface area contributed by atoms with Crippen molar-refractivity contribution in [2.45, 2.75) is 43.4 Å². The average molecular weight is 481 g/mol. The lowest BCUT2D eigenvalue weighted by Gasteiger charge is -2.15. The van der Waals surface area contributed by atoms with Crippen molar-refractivity contribution in [2.75, 3.05) is 12.4 Å². The molecule has 0 aromatic heterocycles. The number of unbranched alkanes of at least 4 members (excludes halogenated alkanes) is 1. The fourth-order valence-electron chi connectivity index (χ4n) is 2.91. The van der Waals surface area contributed by atoms with E-state index in [1.165, 1.54) is 29.5 Å². The quantitative estimate of drug-likeness (QED) is 0.181. The van der Waals surface area contributed by atoms with E-state index < -0.39 is 21.8 Å². The monoisotopic (exact) mass is 480 g/mol. The predicted molar refractivity (Wildman–Crippen MR) is 113 cm³/mol. The molecular weight excluding hydrogens is 457 g/mol. The number of ether oxygens (including phenoxy) is 2. The summed E-state index contributed by atoms with van der Waals surface area (Å²) < 4.78 is 68.1. The van der Waals surface area contributed by atoms with Crippen molar-refractivity contribution in [3.8, 4) is 5.75 Å².